The third-order valence-corrected chi connectivity index (χ3v) is 5.05. The van der Waals surface area contributed by atoms with E-state index in [1.807, 2.05) is 55.1 Å². The summed E-state index contributed by atoms with van der Waals surface area (Å²) in [7, 11) is 1.98. The summed E-state index contributed by atoms with van der Waals surface area (Å²) in [6.45, 7) is 4.70. The van der Waals surface area contributed by atoms with E-state index in [9.17, 15) is 9.90 Å². The molecule has 1 aromatic carbocycles. The van der Waals surface area contributed by atoms with Crippen molar-refractivity contribution in [3.05, 3.63) is 54.1 Å². The van der Waals surface area contributed by atoms with Crippen LogP contribution in [0.15, 0.2) is 42.7 Å². The van der Waals surface area contributed by atoms with E-state index in [1.165, 1.54) is 6.92 Å². The van der Waals surface area contributed by atoms with Crippen molar-refractivity contribution in [1.29, 1.82) is 0 Å². The molecular formula is C19H26N4O2. The first kappa shape index (κ1) is 17.6. The molecule has 6 nitrogen and oxygen atoms in total. The third kappa shape index (κ3) is 3.75. The van der Waals surface area contributed by atoms with Gasteiger partial charge in [-0.2, -0.15) is 0 Å². The molecule has 1 saturated heterocycles. The number of aromatic nitrogens is 2. The number of aliphatic hydroxyl groups is 1. The second-order valence-electron chi connectivity index (χ2n) is 7.07. The summed E-state index contributed by atoms with van der Waals surface area (Å²) < 4.78 is 2.00. The first-order chi connectivity index (χ1) is 11.9. The van der Waals surface area contributed by atoms with Gasteiger partial charge in [0.25, 0.3) is 0 Å². The predicted molar refractivity (Wildman–Crippen MR) is 95.6 cm³/mol. The molecular weight excluding hydrogens is 316 g/mol. The molecule has 3 rings (SSSR count). The van der Waals surface area contributed by atoms with Crippen molar-refractivity contribution >= 4 is 5.91 Å². The van der Waals surface area contributed by atoms with Crippen LogP contribution in [0, 0.1) is 0 Å². The van der Waals surface area contributed by atoms with Crippen LogP contribution in [0.5, 0.6) is 0 Å². The van der Waals surface area contributed by atoms with E-state index in [1.54, 1.807) is 6.20 Å². The Kier molecular flexibility index (Phi) is 4.92. The molecule has 0 radical (unpaired) electrons. The summed E-state index contributed by atoms with van der Waals surface area (Å²) in [6, 6.07) is 9.54. The van der Waals surface area contributed by atoms with Gasteiger partial charge in [-0.05, 0) is 18.9 Å². The standard InChI is InChI=1S/C19H26N4O2/c1-14(24)21-18-17(15-7-5-4-6-8-15)23(11-9-19(18,2)25)13-16-20-10-12-22(16)3/h4-8,10,12,17-18,25H,9,11,13H2,1-3H3,(H,21,24)/t17-,18-,19+/m0/s1. The average Bonchev–Trinajstić information content (AvgIpc) is 2.96. The Morgan fingerprint density at radius 2 is 2.12 bits per heavy atom. The SMILES string of the molecule is CC(=O)N[C@H]1[C@H](c2ccccc2)N(Cc2nccn2C)CC[C@@]1(C)O. The van der Waals surface area contributed by atoms with Crippen molar-refractivity contribution in [2.45, 2.75) is 44.5 Å². The number of nitrogens with one attached hydrogen (secondary N) is 1. The molecule has 134 valence electrons. The van der Waals surface area contributed by atoms with Crippen molar-refractivity contribution in [2.24, 2.45) is 7.05 Å². The number of nitrogens with zero attached hydrogens (tertiary/aromatic N) is 3. The van der Waals surface area contributed by atoms with Gasteiger partial charge in [-0.15, -0.1) is 0 Å². The minimum absolute atomic E-state index is 0.120. The quantitative estimate of drug-likeness (QED) is 0.886. The Bertz CT molecular complexity index is 726. The van der Waals surface area contributed by atoms with Crippen LogP contribution in [0.25, 0.3) is 0 Å². The van der Waals surface area contributed by atoms with Crippen LogP contribution >= 0.6 is 0 Å². The van der Waals surface area contributed by atoms with Crippen LogP contribution < -0.4 is 5.32 Å². The maximum atomic E-state index is 11.8. The maximum absolute atomic E-state index is 11.8. The third-order valence-electron chi connectivity index (χ3n) is 5.05. The lowest BCUT2D eigenvalue weighted by Crippen LogP contribution is -2.62. The van der Waals surface area contributed by atoms with Crippen LogP contribution in [0.4, 0.5) is 0 Å². The number of piperidine rings is 1. The lowest BCUT2D eigenvalue weighted by molar-refractivity contribution is -0.126. The minimum Gasteiger partial charge on any atom is -0.388 e. The summed E-state index contributed by atoms with van der Waals surface area (Å²) in [5.41, 5.74) is 0.111. The van der Waals surface area contributed by atoms with Crippen LogP contribution in [0.1, 0.15) is 37.7 Å². The van der Waals surface area contributed by atoms with E-state index >= 15 is 0 Å². The summed E-state index contributed by atoms with van der Waals surface area (Å²) in [4.78, 5) is 18.5. The van der Waals surface area contributed by atoms with Gasteiger partial charge in [0.15, 0.2) is 0 Å². The number of carbonyl (C=O) groups is 1. The number of rotatable bonds is 4. The van der Waals surface area contributed by atoms with Gasteiger partial charge in [-0.25, -0.2) is 4.98 Å². The number of imidazole rings is 1. The second kappa shape index (κ2) is 6.98. The van der Waals surface area contributed by atoms with Gasteiger partial charge in [-0.3, -0.25) is 9.69 Å². The highest BCUT2D eigenvalue weighted by Gasteiger charge is 2.46. The molecule has 2 heterocycles. The second-order valence-corrected chi connectivity index (χ2v) is 7.07. The van der Waals surface area contributed by atoms with Gasteiger partial charge in [-0.1, -0.05) is 30.3 Å². The van der Waals surface area contributed by atoms with E-state index in [0.717, 1.165) is 17.9 Å². The minimum atomic E-state index is -0.968. The zero-order valence-corrected chi connectivity index (χ0v) is 15.0. The summed E-state index contributed by atoms with van der Waals surface area (Å²) in [5, 5.41) is 13.9. The number of amides is 1. The molecule has 0 bridgehead atoms. The van der Waals surface area contributed by atoms with Crippen molar-refractivity contribution in [3.8, 4) is 0 Å². The summed E-state index contributed by atoms with van der Waals surface area (Å²) >= 11 is 0. The van der Waals surface area contributed by atoms with E-state index < -0.39 is 5.60 Å². The lowest BCUT2D eigenvalue weighted by atomic mass is 9.79. The number of benzene rings is 1. The molecule has 0 aliphatic carbocycles. The first-order valence-corrected chi connectivity index (χ1v) is 8.63. The monoisotopic (exact) mass is 342 g/mol. The van der Waals surface area contributed by atoms with Crippen molar-refractivity contribution in [2.75, 3.05) is 6.54 Å². The Balaban J connectivity index is 1.98. The van der Waals surface area contributed by atoms with Gasteiger partial charge in [0.05, 0.1) is 24.2 Å². The van der Waals surface area contributed by atoms with Crippen LogP contribution in [-0.2, 0) is 18.4 Å². The zero-order valence-electron chi connectivity index (χ0n) is 15.0. The molecule has 0 unspecified atom stereocenters. The molecule has 2 aromatic rings. The van der Waals surface area contributed by atoms with Gasteiger partial charge in [0, 0.05) is 32.9 Å². The molecule has 2 N–H and O–H groups in total. The number of hydrogen-bond acceptors (Lipinski definition) is 4. The summed E-state index contributed by atoms with van der Waals surface area (Å²) in [6.07, 6.45) is 4.31. The number of hydrogen-bond donors (Lipinski definition) is 2. The summed E-state index contributed by atoms with van der Waals surface area (Å²) in [5.74, 6) is 0.828. The van der Waals surface area contributed by atoms with E-state index in [4.69, 9.17) is 0 Å². The van der Waals surface area contributed by atoms with E-state index in [-0.39, 0.29) is 18.0 Å². The van der Waals surface area contributed by atoms with E-state index in [2.05, 4.69) is 15.2 Å². The van der Waals surface area contributed by atoms with Crippen LogP contribution in [-0.4, -0.2) is 43.7 Å². The van der Waals surface area contributed by atoms with Gasteiger partial charge < -0.3 is 15.0 Å². The van der Waals surface area contributed by atoms with Gasteiger partial charge >= 0.3 is 0 Å². The molecule has 1 amide bonds. The number of carbonyl (C=O) groups excluding carboxylic acids is 1. The number of aryl methyl sites for hydroxylation is 1. The van der Waals surface area contributed by atoms with Crippen molar-refractivity contribution in [3.63, 3.8) is 0 Å². The van der Waals surface area contributed by atoms with Gasteiger partial charge in [0.1, 0.15) is 5.82 Å². The van der Waals surface area contributed by atoms with E-state index in [0.29, 0.717) is 13.0 Å². The van der Waals surface area contributed by atoms with Crippen LogP contribution in [0.2, 0.25) is 0 Å². The van der Waals surface area contributed by atoms with Crippen molar-refractivity contribution in [1.82, 2.24) is 19.8 Å². The largest absolute Gasteiger partial charge is 0.388 e. The van der Waals surface area contributed by atoms with Gasteiger partial charge in [0.2, 0.25) is 5.91 Å². The molecule has 0 saturated carbocycles. The molecule has 1 aliphatic heterocycles. The maximum Gasteiger partial charge on any atom is 0.217 e. The fraction of sp³-hybridized carbons (Fsp3) is 0.474. The molecule has 1 aliphatic rings. The Hall–Kier alpha value is -2.18. The Morgan fingerprint density at radius 3 is 2.72 bits per heavy atom. The normalized spacial score (nSPS) is 27.2. The Labute approximate surface area is 148 Å². The molecule has 1 fully saturated rings. The fourth-order valence-corrected chi connectivity index (χ4v) is 3.63. The molecule has 25 heavy (non-hydrogen) atoms. The van der Waals surface area contributed by atoms with Crippen LogP contribution in [0.3, 0.4) is 0 Å². The predicted octanol–water partition coefficient (Wildman–Crippen LogP) is 1.62. The zero-order chi connectivity index (χ0) is 18.0. The molecule has 1 aromatic heterocycles. The molecule has 6 heteroatoms. The highest BCUT2D eigenvalue weighted by molar-refractivity contribution is 5.73. The molecule has 0 spiro atoms. The smallest absolute Gasteiger partial charge is 0.217 e. The topological polar surface area (TPSA) is 70.4 Å². The highest BCUT2D eigenvalue weighted by atomic mass is 16.3. The molecule has 3 atom stereocenters. The fourth-order valence-electron chi connectivity index (χ4n) is 3.63. The lowest BCUT2D eigenvalue weighted by Gasteiger charge is -2.49. The Morgan fingerprint density at radius 1 is 1.40 bits per heavy atom. The average molecular weight is 342 g/mol. The first-order valence-electron chi connectivity index (χ1n) is 8.63. The van der Waals surface area contributed by atoms with Crippen molar-refractivity contribution < 1.29 is 9.90 Å². The highest BCUT2D eigenvalue weighted by Crippen LogP contribution is 2.37. The number of likely N-dealkylation sites (tertiary alicyclic amines) is 1.